The maximum absolute atomic E-state index is 10.5. The van der Waals surface area contributed by atoms with E-state index in [4.69, 9.17) is 32.5 Å². The molecular weight excluding hydrogens is 234 g/mol. The fourth-order valence-electron chi connectivity index (χ4n) is 1.07. The van der Waals surface area contributed by atoms with Crippen molar-refractivity contribution in [2.24, 2.45) is 5.73 Å². The predicted octanol–water partition coefficient (Wildman–Crippen LogP) is -1.63. The fourth-order valence-corrected chi connectivity index (χ4v) is 1.32. The number of pyridine rings is 1. The minimum atomic E-state index is -1.66. The van der Waals surface area contributed by atoms with Gasteiger partial charge in [0.1, 0.15) is 6.04 Å². The molecule has 1 atom stereocenters. The zero-order valence-electron chi connectivity index (χ0n) is 8.17. The summed E-state index contributed by atoms with van der Waals surface area (Å²) in [5, 5.41) is 26.5. The number of hydrogen-bond donors (Lipinski definition) is 4. The summed E-state index contributed by atoms with van der Waals surface area (Å²) in [4.78, 5) is 14.3. The average molecular weight is 244 g/mol. The first kappa shape index (κ1) is 12.9. The third-order valence-corrected chi connectivity index (χ3v) is 2.29. The van der Waals surface area contributed by atoms with Crippen molar-refractivity contribution in [2.45, 2.75) is 12.5 Å². The first-order valence-corrected chi connectivity index (χ1v) is 4.78. The van der Waals surface area contributed by atoms with Gasteiger partial charge in [-0.05, 0) is 6.07 Å². The summed E-state index contributed by atoms with van der Waals surface area (Å²) in [5.74, 6) is -1.15. The molecule has 5 N–H and O–H groups in total. The highest BCUT2D eigenvalue weighted by molar-refractivity contribution is 6.58. The summed E-state index contributed by atoms with van der Waals surface area (Å²) in [5.41, 5.74) is 5.76. The van der Waals surface area contributed by atoms with Crippen LogP contribution in [-0.4, -0.2) is 39.3 Å². The molecule has 1 aromatic heterocycles. The van der Waals surface area contributed by atoms with Gasteiger partial charge in [-0.3, -0.25) is 9.78 Å². The molecule has 0 aliphatic carbocycles. The van der Waals surface area contributed by atoms with Crippen molar-refractivity contribution in [2.75, 3.05) is 0 Å². The van der Waals surface area contributed by atoms with Crippen LogP contribution in [0, 0.1) is 0 Å². The number of aromatic nitrogens is 1. The van der Waals surface area contributed by atoms with Gasteiger partial charge in [-0.1, -0.05) is 11.6 Å². The molecule has 0 fully saturated rings. The fraction of sp³-hybridized carbons (Fsp3) is 0.250. The van der Waals surface area contributed by atoms with Crippen LogP contribution in [0.4, 0.5) is 0 Å². The highest BCUT2D eigenvalue weighted by atomic mass is 35.5. The second-order valence-electron chi connectivity index (χ2n) is 3.22. The van der Waals surface area contributed by atoms with Gasteiger partial charge in [0, 0.05) is 18.1 Å². The molecule has 86 valence electrons. The molecule has 0 aliphatic heterocycles. The van der Waals surface area contributed by atoms with Crippen LogP contribution in [0.25, 0.3) is 0 Å². The molecule has 0 unspecified atom stereocenters. The Hall–Kier alpha value is -1.15. The molecule has 8 heteroatoms. The number of carboxylic acids is 1. The lowest BCUT2D eigenvalue weighted by atomic mass is 9.81. The summed E-state index contributed by atoms with van der Waals surface area (Å²) in [6.07, 6.45) is 1.19. The van der Waals surface area contributed by atoms with Crippen LogP contribution in [0.3, 0.4) is 0 Å². The van der Waals surface area contributed by atoms with Crippen LogP contribution in [-0.2, 0) is 11.2 Å². The highest BCUT2D eigenvalue weighted by Crippen LogP contribution is 2.12. The van der Waals surface area contributed by atoms with E-state index in [2.05, 4.69) is 4.98 Å². The Labute approximate surface area is 96.8 Å². The lowest BCUT2D eigenvalue weighted by Gasteiger charge is -2.08. The molecule has 0 spiro atoms. The van der Waals surface area contributed by atoms with Gasteiger partial charge >= 0.3 is 13.1 Å². The number of aliphatic carboxylic acids is 1. The zero-order chi connectivity index (χ0) is 12.3. The monoisotopic (exact) mass is 244 g/mol. The Morgan fingerprint density at radius 1 is 1.62 bits per heavy atom. The SMILES string of the molecule is N[C@@H](Cc1ncc(B(O)O)cc1Cl)C(=O)O. The van der Waals surface area contributed by atoms with Crippen molar-refractivity contribution >= 4 is 30.2 Å². The van der Waals surface area contributed by atoms with E-state index >= 15 is 0 Å². The van der Waals surface area contributed by atoms with Gasteiger partial charge in [0.2, 0.25) is 0 Å². The largest absolute Gasteiger partial charge is 0.490 e. The normalized spacial score (nSPS) is 12.2. The van der Waals surface area contributed by atoms with Crippen molar-refractivity contribution < 1.29 is 19.9 Å². The molecule has 0 aromatic carbocycles. The standard InChI is InChI=1S/C8H10BClN2O4/c10-5-1-4(9(15)16)3-12-7(5)2-6(11)8(13)14/h1,3,6,15-16H,2,11H2,(H,13,14)/t6-/m0/s1. The maximum Gasteiger partial charge on any atom is 0.490 e. The summed E-state index contributed by atoms with van der Waals surface area (Å²) < 4.78 is 0. The van der Waals surface area contributed by atoms with Crippen LogP contribution in [0.5, 0.6) is 0 Å². The van der Waals surface area contributed by atoms with Crippen molar-refractivity contribution in [3.63, 3.8) is 0 Å². The Morgan fingerprint density at radius 2 is 2.25 bits per heavy atom. The van der Waals surface area contributed by atoms with Crippen molar-refractivity contribution in [3.8, 4) is 0 Å². The van der Waals surface area contributed by atoms with E-state index in [0.717, 1.165) is 0 Å². The molecule has 16 heavy (non-hydrogen) atoms. The topological polar surface area (TPSA) is 117 Å². The number of nitrogens with two attached hydrogens (primary N) is 1. The average Bonchev–Trinajstić information content (AvgIpc) is 2.20. The van der Waals surface area contributed by atoms with E-state index < -0.39 is 19.1 Å². The van der Waals surface area contributed by atoms with E-state index in [9.17, 15) is 4.79 Å². The Kier molecular flexibility index (Phi) is 4.25. The number of carboxylic acid groups (broad SMARTS) is 1. The van der Waals surface area contributed by atoms with Gasteiger partial charge in [0.15, 0.2) is 0 Å². The number of nitrogens with zero attached hydrogens (tertiary/aromatic N) is 1. The third kappa shape index (κ3) is 3.17. The summed E-state index contributed by atoms with van der Waals surface area (Å²) >= 11 is 5.79. The molecule has 0 bridgehead atoms. The molecule has 0 amide bonds. The van der Waals surface area contributed by atoms with E-state index in [1.54, 1.807) is 0 Å². The van der Waals surface area contributed by atoms with Gasteiger partial charge in [0.05, 0.1) is 10.7 Å². The van der Waals surface area contributed by atoms with E-state index in [0.29, 0.717) is 5.69 Å². The zero-order valence-corrected chi connectivity index (χ0v) is 8.92. The summed E-state index contributed by atoms with van der Waals surface area (Å²) in [6.45, 7) is 0. The number of hydrogen-bond acceptors (Lipinski definition) is 5. The molecule has 6 nitrogen and oxygen atoms in total. The third-order valence-electron chi connectivity index (χ3n) is 1.97. The molecule has 0 aliphatic rings. The lowest BCUT2D eigenvalue weighted by Crippen LogP contribution is -2.34. The molecule has 1 rings (SSSR count). The Bertz CT molecular complexity index is 402. The van der Waals surface area contributed by atoms with E-state index in [1.807, 2.05) is 0 Å². The first-order valence-electron chi connectivity index (χ1n) is 4.40. The quantitative estimate of drug-likeness (QED) is 0.473. The van der Waals surface area contributed by atoms with Crippen LogP contribution in [0.2, 0.25) is 5.02 Å². The van der Waals surface area contributed by atoms with Gasteiger partial charge in [-0.15, -0.1) is 0 Å². The van der Waals surface area contributed by atoms with Crippen LogP contribution in [0.1, 0.15) is 5.69 Å². The van der Waals surface area contributed by atoms with Crippen LogP contribution >= 0.6 is 11.6 Å². The molecule has 0 saturated heterocycles. The maximum atomic E-state index is 10.5. The summed E-state index contributed by atoms with van der Waals surface area (Å²) in [7, 11) is -1.66. The van der Waals surface area contributed by atoms with Gasteiger partial charge in [-0.25, -0.2) is 0 Å². The second kappa shape index (κ2) is 5.26. The van der Waals surface area contributed by atoms with E-state index in [1.165, 1.54) is 12.3 Å². The van der Waals surface area contributed by atoms with Crippen LogP contribution < -0.4 is 11.2 Å². The van der Waals surface area contributed by atoms with Crippen molar-refractivity contribution in [3.05, 3.63) is 23.0 Å². The molecule has 0 radical (unpaired) electrons. The smallest absolute Gasteiger partial charge is 0.480 e. The van der Waals surface area contributed by atoms with E-state index in [-0.39, 0.29) is 16.9 Å². The molecular formula is C8H10BClN2O4. The van der Waals surface area contributed by atoms with Crippen molar-refractivity contribution in [1.29, 1.82) is 0 Å². The van der Waals surface area contributed by atoms with Gasteiger partial charge in [-0.2, -0.15) is 0 Å². The second-order valence-corrected chi connectivity index (χ2v) is 3.63. The first-order chi connectivity index (χ1) is 7.41. The molecule has 1 aromatic rings. The number of halogens is 1. The number of carbonyl (C=O) groups is 1. The minimum Gasteiger partial charge on any atom is -0.480 e. The molecule has 0 saturated carbocycles. The Balaban J connectivity index is 2.87. The summed E-state index contributed by atoms with van der Waals surface area (Å²) in [6, 6.07) is 0.221. The Morgan fingerprint density at radius 3 is 2.69 bits per heavy atom. The highest BCUT2D eigenvalue weighted by Gasteiger charge is 2.18. The van der Waals surface area contributed by atoms with Crippen molar-refractivity contribution in [1.82, 2.24) is 4.98 Å². The van der Waals surface area contributed by atoms with Gasteiger partial charge in [0.25, 0.3) is 0 Å². The minimum absolute atomic E-state index is 0.0179. The van der Waals surface area contributed by atoms with Crippen LogP contribution in [0.15, 0.2) is 12.3 Å². The molecule has 1 heterocycles. The number of rotatable bonds is 4. The predicted molar refractivity (Wildman–Crippen MR) is 58.4 cm³/mol. The lowest BCUT2D eigenvalue weighted by molar-refractivity contribution is -0.138. The van der Waals surface area contributed by atoms with Gasteiger partial charge < -0.3 is 20.9 Å².